The molecular weight excluding hydrogens is 350 g/mol. The van der Waals surface area contributed by atoms with Crippen LogP contribution in [0.25, 0.3) is 11.5 Å². The largest absolute Gasteiger partial charge is 0.365 e. The van der Waals surface area contributed by atoms with Gasteiger partial charge in [-0.05, 0) is 58.6 Å². The molecule has 1 aliphatic rings. The average molecular weight is 377 g/mol. The first-order valence-corrected chi connectivity index (χ1v) is 9.94. The molecule has 0 radical (unpaired) electrons. The summed E-state index contributed by atoms with van der Waals surface area (Å²) in [6, 6.07) is 6.40. The molecule has 0 unspecified atom stereocenters. The van der Waals surface area contributed by atoms with Crippen LogP contribution in [0, 0.1) is 0 Å². The standard InChI is InChI=1S/C21H27N7/c1-21(2,3)26-18-9-5-8-17(24-18)20-25-19(28(27-20)16-6-4-7-16)11-10-15-14-22-12-13-23-15/h5,8-9,12-14,16H,4,6-7,10-11H2,1-3H3,(H,24,26). The normalized spacial score (nSPS) is 14.7. The lowest BCUT2D eigenvalue weighted by Gasteiger charge is -2.26. The third-order valence-corrected chi connectivity index (χ3v) is 4.83. The molecule has 1 fully saturated rings. The molecule has 3 aromatic heterocycles. The second kappa shape index (κ2) is 7.66. The highest BCUT2D eigenvalue weighted by molar-refractivity contribution is 5.53. The van der Waals surface area contributed by atoms with Gasteiger partial charge in [0.25, 0.3) is 0 Å². The number of aromatic nitrogens is 6. The van der Waals surface area contributed by atoms with Crippen LogP contribution < -0.4 is 5.32 Å². The van der Waals surface area contributed by atoms with E-state index < -0.39 is 0 Å². The fraction of sp³-hybridized carbons (Fsp3) is 0.476. The first-order valence-electron chi connectivity index (χ1n) is 9.94. The monoisotopic (exact) mass is 377 g/mol. The summed E-state index contributed by atoms with van der Waals surface area (Å²) in [5, 5.41) is 8.25. The summed E-state index contributed by atoms with van der Waals surface area (Å²) in [7, 11) is 0. The van der Waals surface area contributed by atoms with E-state index in [1.54, 1.807) is 12.4 Å². The lowest BCUT2D eigenvalue weighted by molar-refractivity contribution is 0.281. The highest BCUT2D eigenvalue weighted by Gasteiger charge is 2.25. The van der Waals surface area contributed by atoms with Gasteiger partial charge in [-0.2, -0.15) is 0 Å². The molecule has 7 heteroatoms. The van der Waals surface area contributed by atoms with Crippen LogP contribution in [-0.2, 0) is 12.8 Å². The Balaban J connectivity index is 1.59. The Bertz CT molecular complexity index is 923. The summed E-state index contributed by atoms with van der Waals surface area (Å²) in [6.45, 7) is 6.36. The number of rotatable bonds is 6. The maximum Gasteiger partial charge on any atom is 0.200 e. The number of nitrogens with one attached hydrogen (secondary N) is 1. The molecule has 0 saturated heterocycles. The van der Waals surface area contributed by atoms with Crippen LogP contribution in [0.15, 0.2) is 36.8 Å². The summed E-state index contributed by atoms with van der Waals surface area (Å²) < 4.78 is 2.11. The molecule has 0 aliphatic heterocycles. The molecule has 3 heterocycles. The van der Waals surface area contributed by atoms with Gasteiger partial charge in [0.15, 0.2) is 5.82 Å². The SMILES string of the molecule is CC(C)(C)Nc1cccc(-c2nc(CCc3cnccn3)n(C3CCC3)n2)n1. The fourth-order valence-corrected chi connectivity index (χ4v) is 3.27. The first-order chi connectivity index (χ1) is 13.5. The van der Waals surface area contributed by atoms with Gasteiger partial charge in [0.2, 0.25) is 0 Å². The van der Waals surface area contributed by atoms with E-state index in [1.807, 2.05) is 24.4 Å². The predicted molar refractivity (Wildman–Crippen MR) is 109 cm³/mol. The second-order valence-corrected chi connectivity index (χ2v) is 8.36. The Kier molecular flexibility index (Phi) is 5.07. The van der Waals surface area contributed by atoms with E-state index in [4.69, 9.17) is 15.1 Å². The molecule has 3 aromatic rings. The molecule has 4 rings (SSSR count). The van der Waals surface area contributed by atoms with E-state index in [2.05, 4.69) is 40.7 Å². The maximum atomic E-state index is 4.85. The number of anilines is 1. The van der Waals surface area contributed by atoms with Gasteiger partial charge in [0, 0.05) is 30.6 Å². The molecule has 146 valence electrons. The summed E-state index contributed by atoms with van der Waals surface area (Å²) in [5.41, 5.74) is 1.72. The highest BCUT2D eigenvalue weighted by atomic mass is 15.4. The van der Waals surface area contributed by atoms with E-state index in [9.17, 15) is 0 Å². The van der Waals surface area contributed by atoms with Crippen molar-refractivity contribution >= 4 is 5.82 Å². The van der Waals surface area contributed by atoms with Crippen LogP contribution in [0.2, 0.25) is 0 Å². The van der Waals surface area contributed by atoms with Crippen LogP contribution in [0.5, 0.6) is 0 Å². The average Bonchev–Trinajstić information content (AvgIpc) is 3.02. The molecule has 1 N–H and O–H groups in total. The van der Waals surface area contributed by atoms with Crippen LogP contribution in [-0.4, -0.2) is 35.3 Å². The number of nitrogens with zero attached hydrogens (tertiary/aromatic N) is 6. The molecule has 0 atom stereocenters. The number of pyridine rings is 1. The van der Waals surface area contributed by atoms with Gasteiger partial charge >= 0.3 is 0 Å². The Morgan fingerprint density at radius 1 is 1.11 bits per heavy atom. The second-order valence-electron chi connectivity index (χ2n) is 8.36. The lowest BCUT2D eigenvalue weighted by atomic mass is 9.93. The van der Waals surface area contributed by atoms with E-state index >= 15 is 0 Å². The Labute approximate surface area is 165 Å². The minimum atomic E-state index is -0.0494. The number of hydrogen-bond donors (Lipinski definition) is 1. The lowest BCUT2D eigenvalue weighted by Crippen LogP contribution is -2.26. The van der Waals surface area contributed by atoms with Gasteiger partial charge in [0.05, 0.1) is 11.7 Å². The van der Waals surface area contributed by atoms with Gasteiger partial charge in [-0.1, -0.05) is 6.07 Å². The quantitative estimate of drug-likeness (QED) is 0.703. The molecule has 7 nitrogen and oxygen atoms in total. The van der Waals surface area contributed by atoms with Crippen molar-refractivity contribution in [3.63, 3.8) is 0 Å². The molecule has 1 saturated carbocycles. The smallest absolute Gasteiger partial charge is 0.200 e. The van der Waals surface area contributed by atoms with Crippen molar-refractivity contribution in [1.29, 1.82) is 0 Å². The van der Waals surface area contributed by atoms with Crippen molar-refractivity contribution in [3.8, 4) is 11.5 Å². The van der Waals surface area contributed by atoms with Crippen molar-refractivity contribution in [2.75, 3.05) is 5.32 Å². The summed E-state index contributed by atoms with van der Waals surface area (Å²) in [4.78, 5) is 18.1. The molecule has 0 amide bonds. The van der Waals surface area contributed by atoms with Crippen molar-refractivity contribution < 1.29 is 0 Å². The molecule has 0 aromatic carbocycles. The van der Waals surface area contributed by atoms with Crippen LogP contribution in [0.1, 0.15) is 57.6 Å². The van der Waals surface area contributed by atoms with Gasteiger partial charge in [0.1, 0.15) is 17.3 Å². The predicted octanol–water partition coefficient (Wildman–Crippen LogP) is 3.85. The zero-order valence-corrected chi connectivity index (χ0v) is 16.8. The molecule has 28 heavy (non-hydrogen) atoms. The third kappa shape index (κ3) is 4.35. The van der Waals surface area contributed by atoms with Crippen LogP contribution in [0.3, 0.4) is 0 Å². The zero-order valence-electron chi connectivity index (χ0n) is 16.8. The minimum Gasteiger partial charge on any atom is -0.365 e. The summed E-state index contributed by atoms with van der Waals surface area (Å²) in [5.74, 6) is 2.53. The van der Waals surface area contributed by atoms with Crippen molar-refractivity contribution in [2.45, 2.75) is 64.5 Å². The van der Waals surface area contributed by atoms with Crippen LogP contribution in [0.4, 0.5) is 5.82 Å². The van der Waals surface area contributed by atoms with Crippen molar-refractivity contribution in [3.05, 3.63) is 48.3 Å². The summed E-state index contributed by atoms with van der Waals surface area (Å²) >= 11 is 0. The van der Waals surface area contributed by atoms with Gasteiger partial charge in [-0.25, -0.2) is 14.6 Å². The Morgan fingerprint density at radius 2 is 1.96 bits per heavy atom. The number of aryl methyl sites for hydroxylation is 2. The third-order valence-electron chi connectivity index (χ3n) is 4.83. The molecule has 0 bridgehead atoms. The topological polar surface area (TPSA) is 81.4 Å². The zero-order chi connectivity index (χ0) is 19.6. The van der Waals surface area contributed by atoms with Gasteiger partial charge < -0.3 is 5.32 Å². The summed E-state index contributed by atoms with van der Waals surface area (Å²) in [6.07, 6.45) is 10.4. The number of hydrogen-bond acceptors (Lipinski definition) is 6. The van der Waals surface area contributed by atoms with E-state index in [0.29, 0.717) is 11.9 Å². The van der Waals surface area contributed by atoms with Gasteiger partial charge in [-0.3, -0.25) is 9.97 Å². The maximum absolute atomic E-state index is 4.85. The van der Waals surface area contributed by atoms with Crippen molar-refractivity contribution in [2.24, 2.45) is 0 Å². The fourth-order valence-electron chi connectivity index (χ4n) is 3.27. The highest BCUT2D eigenvalue weighted by Crippen LogP contribution is 2.33. The van der Waals surface area contributed by atoms with E-state index in [1.165, 1.54) is 19.3 Å². The molecule has 0 spiro atoms. The van der Waals surface area contributed by atoms with Crippen molar-refractivity contribution in [1.82, 2.24) is 29.7 Å². The van der Waals surface area contributed by atoms with E-state index in [0.717, 1.165) is 35.9 Å². The Morgan fingerprint density at radius 3 is 2.64 bits per heavy atom. The van der Waals surface area contributed by atoms with E-state index in [-0.39, 0.29) is 5.54 Å². The molecule has 1 aliphatic carbocycles. The van der Waals surface area contributed by atoms with Gasteiger partial charge in [-0.15, -0.1) is 5.10 Å². The molecular formula is C21H27N7. The van der Waals surface area contributed by atoms with Crippen LogP contribution >= 0.6 is 0 Å². The minimum absolute atomic E-state index is 0.0494. The Hall–Kier alpha value is -2.83. The first kappa shape index (κ1) is 18.5.